The second-order valence-electron chi connectivity index (χ2n) is 7.21. The number of ether oxygens (including phenoxy) is 1. The van der Waals surface area contributed by atoms with E-state index in [-0.39, 0.29) is 5.88 Å². The van der Waals surface area contributed by atoms with E-state index in [1.807, 2.05) is 6.92 Å². The SMILES string of the molecule is CCC(=Cc1sc2ccc(Cl)cc2[n+]1CS(=O)(=O)O)C=C1Oc2sc(Br)cc2N1CS(=O)(=O)O. The van der Waals surface area contributed by atoms with Crippen LogP contribution in [0.3, 0.4) is 0 Å². The van der Waals surface area contributed by atoms with Crippen molar-refractivity contribution in [2.24, 2.45) is 0 Å². The largest absolute Gasteiger partial charge is 0.428 e. The molecule has 2 aromatic heterocycles. The minimum absolute atomic E-state index is 0.199. The lowest BCUT2D eigenvalue weighted by Gasteiger charge is -2.16. The molecule has 0 spiro atoms. The summed E-state index contributed by atoms with van der Waals surface area (Å²) in [6.07, 6.45) is 3.85. The molecule has 15 heteroatoms. The van der Waals surface area contributed by atoms with E-state index in [1.54, 1.807) is 36.4 Å². The van der Waals surface area contributed by atoms with Crippen molar-refractivity contribution in [2.75, 3.05) is 10.8 Å². The quantitative estimate of drug-likeness (QED) is 0.280. The van der Waals surface area contributed by atoms with Crippen molar-refractivity contribution in [3.8, 4) is 5.06 Å². The number of rotatable bonds is 7. The van der Waals surface area contributed by atoms with Crippen molar-refractivity contribution in [3.05, 3.63) is 55.6 Å². The van der Waals surface area contributed by atoms with Gasteiger partial charge in [-0.15, -0.1) is 0 Å². The van der Waals surface area contributed by atoms with Crippen LogP contribution in [0.1, 0.15) is 18.4 Å². The Bertz CT molecular complexity index is 1560. The van der Waals surface area contributed by atoms with Crippen molar-refractivity contribution in [1.29, 1.82) is 0 Å². The summed E-state index contributed by atoms with van der Waals surface area (Å²) in [5.41, 5.74) is 1.72. The van der Waals surface area contributed by atoms with E-state index in [0.29, 0.717) is 38.3 Å². The molecule has 4 rings (SSSR count). The maximum atomic E-state index is 11.7. The van der Waals surface area contributed by atoms with E-state index in [0.717, 1.165) is 8.49 Å². The van der Waals surface area contributed by atoms with E-state index < -0.39 is 32.0 Å². The van der Waals surface area contributed by atoms with Gasteiger partial charge < -0.3 is 4.74 Å². The van der Waals surface area contributed by atoms with Gasteiger partial charge >= 0.3 is 10.1 Å². The summed E-state index contributed by atoms with van der Waals surface area (Å²) >= 11 is 12.0. The first-order valence-corrected chi connectivity index (χ1v) is 15.5. The second kappa shape index (κ2) is 9.50. The standard InChI is InChI=1S/C19H16BrClN2O7S4/c1-2-11(5-17-22(9-33(24,25)26)14-8-16(20)32-19(14)30-17)6-18-23(10-34(27,28)29)13-7-12(21)3-4-15(13)31-18/h3-8H,2,9-10H2,1H3,(H-,24,25,26,27,28,29)/p+1. The Morgan fingerprint density at radius 2 is 1.94 bits per heavy atom. The van der Waals surface area contributed by atoms with Crippen LogP contribution in [-0.4, -0.2) is 31.8 Å². The third-order valence-corrected chi connectivity index (χ3v) is 8.73. The van der Waals surface area contributed by atoms with E-state index >= 15 is 0 Å². The molecule has 0 aliphatic carbocycles. The highest BCUT2D eigenvalue weighted by Gasteiger charge is 2.32. The number of thiophene rings is 1. The van der Waals surface area contributed by atoms with Crippen LogP contribution in [0.4, 0.5) is 5.69 Å². The van der Waals surface area contributed by atoms with Crippen LogP contribution in [-0.2, 0) is 26.1 Å². The minimum atomic E-state index is -4.36. The lowest BCUT2D eigenvalue weighted by molar-refractivity contribution is -0.649. The Kier molecular flexibility index (Phi) is 7.15. The zero-order valence-corrected chi connectivity index (χ0v) is 22.9. The molecule has 1 aliphatic rings. The van der Waals surface area contributed by atoms with Crippen LogP contribution < -0.4 is 14.2 Å². The van der Waals surface area contributed by atoms with E-state index in [2.05, 4.69) is 15.9 Å². The molecule has 1 aliphatic heterocycles. The Morgan fingerprint density at radius 1 is 1.21 bits per heavy atom. The third kappa shape index (κ3) is 5.82. The van der Waals surface area contributed by atoms with Crippen LogP contribution >= 0.6 is 50.2 Å². The predicted molar refractivity (Wildman–Crippen MR) is 136 cm³/mol. The molecule has 0 amide bonds. The van der Waals surface area contributed by atoms with Gasteiger partial charge in [-0.25, -0.2) is 0 Å². The maximum Gasteiger partial charge on any atom is 0.326 e. The van der Waals surface area contributed by atoms with Gasteiger partial charge in [0.25, 0.3) is 21.0 Å². The van der Waals surface area contributed by atoms with Gasteiger partial charge in [0.05, 0.1) is 3.79 Å². The number of aromatic nitrogens is 1. The van der Waals surface area contributed by atoms with Gasteiger partial charge in [-0.3, -0.25) is 14.0 Å². The van der Waals surface area contributed by atoms with Crippen LogP contribution in [0, 0.1) is 0 Å². The average Bonchev–Trinajstić information content (AvgIpc) is 3.32. The minimum Gasteiger partial charge on any atom is -0.428 e. The van der Waals surface area contributed by atoms with Crippen molar-refractivity contribution < 1.29 is 35.2 Å². The lowest BCUT2D eigenvalue weighted by Crippen LogP contribution is -2.39. The first-order valence-electron chi connectivity index (χ1n) is 9.52. The Labute approximate surface area is 217 Å². The van der Waals surface area contributed by atoms with Gasteiger partial charge in [0.15, 0.2) is 5.88 Å². The number of hydrogen-bond donors (Lipinski definition) is 2. The molecule has 0 atom stereocenters. The summed E-state index contributed by atoms with van der Waals surface area (Å²) in [5, 5.41) is 1.41. The summed E-state index contributed by atoms with van der Waals surface area (Å²) in [6, 6.07) is 6.75. The number of anilines is 1. The molecule has 0 fully saturated rings. The maximum absolute atomic E-state index is 11.7. The molecule has 0 saturated heterocycles. The number of thiazole rings is 1. The highest BCUT2D eigenvalue weighted by molar-refractivity contribution is 9.11. The number of fused-ring (bicyclic) bond motifs is 2. The molecule has 3 heterocycles. The van der Waals surface area contributed by atoms with E-state index in [1.165, 1.54) is 32.1 Å². The van der Waals surface area contributed by atoms with Gasteiger partial charge in [-0.2, -0.15) is 21.4 Å². The van der Waals surface area contributed by atoms with E-state index in [4.69, 9.17) is 16.3 Å². The highest BCUT2D eigenvalue weighted by atomic mass is 79.9. The molecular weight excluding hydrogens is 612 g/mol. The van der Waals surface area contributed by atoms with Gasteiger partial charge in [-0.1, -0.05) is 41.2 Å². The van der Waals surface area contributed by atoms with Crippen LogP contribution in [0.2, 0.25) is 5.02 Å². The van der Waals surface area contributed by atoms with Gasteiger partial charge in [-0.05, 0) is 46.1 Å². The second-order valence-corrected chi connectivity index (χ2v) is 13.9. The molecule has 182 valence electrons. The van der Waals surface area contributed by atoms with Gasteiger partial charge in [0, 0.05) is 23.2 Å². The van der Waals surface area contributed by atoms with Crippen molar-refractivity contribution in [1.82, 2.24) is 0 Å². The van der Waals surface area contributed by atoms with Crippen LogP contribution in [0.15, 0.2) is 45.6 Å². The highest BCUT2D eigenvalue weighted by Crippen LogP contribution is 2.48. The summed E-state index contributed by atoms with van der Waals surface area (Å²) < 4.78 is 74.3. The summed E-state index contributed by atoms with van der Waals surface area (Å²) in [7, 11) is -8.71. The summed E-state index contributed by atoms with van der Waals surface area (Å²) in [4.78, 5) is 1.34. The third-order valence-electron chi connectivity index (χ3n) is 4.71. The molecule has 0 bridgehead atoms. The normalized spacial score (nSPS) is 15.9. The predicted octanol–water partition coefficient (Wildman–Crippen LogP) is 4.89. The monoisotopic (exact) mass is 627 g/mol. The topological polar surface area (TPSA) is 125 Å². The zero-order chi connectivity index (χ0) is 24.8. The van der Waals surface area contributed by atoms with Gasteiger partial charge in [0.1, 0.15) is 10.4 Å². The molecule has 0 radical (unpaired) electrons. The van der Waals surface area contributed by atoms with E-state index in [9.17, 15) is 25.9 Å². The fraction of sp³-hybridized carbons (Fsp3) is 0.211. The number of halogens is 2. The first kappa shape index (κ1) is 25.6. The fourth-order valence-electron chi connectivity index (χ4n) is 3.31. The van der Waals surface area contributed by atoms with Crippen LogP contribution in [0.25, 0.3) is 16.3 Å². The fourth-order valence-corrected chi connectivity index (χ4v) is 7.28. The van der Waals surface area contributed by atoms with Crippen LogP contribution in [0.5, 0.6) is 5.06 Å². The molecule has 1 aromatic carbocycles. The van der Waals surface area contributed by atoms with Gasteiger partial charge in [0.2, 0.25) is 16.5 Å². The molecule has 0 saturated carbocycles. The molecule has 34 heavy (non-hydrogen) atoms. The van der Waals surface area contributed by atoms with Crippen molar-refractivity contribution >= 4 is 92.4 Å². The molecule has 2 N–H and O–H groups in total. The van der Waals surface area contributed by atoms with Crippen molar-refractivity contribution in [3.63, 3.8) is 0 Å². The number of hydrogen-bond acceptors (Lipinski definition) is 8. The molecule has 0 unspecified atom stereocenters. The Balaban J connectivity index is 1.81. The Morgan fingerprint density at radius 3 is 2.59 bits per heavy atom. The summed E-state index contributed by atoms with van der Waals surface area (Å²) in [5.74, 6) is -1.16. The van der Waals surface area contributed by atoms with Crippen molar-refractivity contribution in [2.45, 2.75) is 19.2 Å². The molecular formula is C19H17BrClN2O7S4+. The average molecular weight is 629 g/mol. The summed E-state index contributed by atoms with van der Waals surface area (Å²) in [6.45, 7) is 1.87. The number of nitrogens with zero attached hydrogens (tertiary/aromatic N) is 2. The Hall–Kier alpha value is -1.52. The number of benzene rings is 1. The zero-order valence-electron chi connectivity index (χ0n) is 17.3. The smallest absolute Gasteiger partial charge is 0.326 e. The number of allylic oxidation sites excluding steroid dienone is 2. The first-order chi connectivity index (χ1) is 15.8. The lowest BCUT2D eigenvalue weighted by atomic mass is 10.2. The molecule has 9 nitrogen and oxygen atoms in total. The molecule has 3 aromatic rings.